The van der Waals surface area contributed by atoms with Crippen molar-refractivity contribution in [1.82, 2.24) is 10.2 Å². The van der Waals surface area contributed by atoms with Gasteiger partial charge in [0.05, 0.1) is 5.69 Å². The number of hydrogen-bond acceptors (Lipinski definition) is 3. The number of anilines is 1. The number of carbonyl (C=O) groups is 2. The van der Waals surface area contributed by atoms with Gasteiger partial charge in [0.15, 0.2) is 5.75 Å². The number of hydrogen-bond donors (Lipinski definition) is 2. The van der Waals surface area contributed by atoms with Crippen LogP contribution in [-0.2, 0) is 11.3 Å². The molecule has 1 fully saturated rings. The van der Waals surface area contributed by atoms with Crippen LogP contribution in [0.5, 0.6) is 11.5 Å². The van der Waals surface area contributed by atoms with Crippen molar-refractivity contribution in [2.45, 2.75) is 31.8 Å². The van der Waals surface area contributed by atoms with E-state index in [1.807, 2.05) is 66.7 Å². The third kappa shape index (κ3) is 6.26. The van der Waals surface area contributed by atoms with Gasteiger partial charge in [-0.05, 0) is 61.2 Å². The first-order valence-corrected chi connectivity index (χ1v) is 11.4. The van der Waals surface area contributed by atoms with Crippen molar-refractivity contribution in [3.63, 3.8) is 0 Å². The van der Waals surface area contributed by atoms with Gasteiger partial charge >= 0.3 is 6.03 Å². The van der Waals surface area contributed by atoms with Crippen LogP contribution in [0, 0.1) is 0 Å². The van der Waals surface area contributed by atoms with Gasteiger partial charge in [0.25, 0.3) is 0 Å². The second-order valence-corrected chi connectivity index (χ2v) is 8.38. The molecule has 0 spiro atoms. The molecule has 3 amide bonds. The second-order valence-electron chi connectivity index (χ2n) is 7.94. The summed E-state index contributed by atoms with van der Waals surface area (Å²) >= 11 is 5.97. The Morgan fingerprint density at radius 1 is 0.970 bits per heavy atom. The third-order valence-electron chi connectivity index (χ3n) is 5.48. The Labute approximate surface area is 198 Å². The van der Waals surface area contributed by atoms with Crippen molar-refractivity contribution in [2.24, 2.45) is 0 Å². The number of para-hydroxylation sites is 3. The first-order valence-electron chi connectivity index (χ1n) is 11.0. The van der Waals surface area contributed by atoms with E-state index in [0.29, 0.717) is 41.7 Å². The van der Waals surface area contributed by atoms with Gasteiger partial charge < -0.3 is 20.3 Å². The maximum absolute atomic E-state index is 13.1. The van der Waals surface area contributed by atoms with E-state index < -0.39 is 12.1 Å². The summed E-state index contributed by atoms with van der Waals surface area (Å²) in [5, 5.41) is 6.35. The summed E-state index contributed by atoms with van der Waals surface area (Å²) in [5.74, 6) is 1.12. The van der Waals surface area contributed by atoms with E-state index in [9.17, 15) is 9.59 Å². The first kappa shape index (κ1) is 22.7. The minimum absolute atomic E-state index is 0.0774. The zero-order chi connectivity index (χ0) is 23.0. The van der Waals surface area contributed by atoms with Gasteiger partial charge in [-0.15, -0.1) is 0 Å². The summed E-state index contributed by atoms with van der Waals surface area (Å²) in [6.45, 7) is 1.15. The fourth-order valence-electron chi connectivity index (χ4n) is 3.80. The van der Waals surface area contributed by atoms with Crippen molar-refractivity contribution >= 4 is 29.2 Å². The Morgan fingerprint density at radius 3 is 2.48 bits per heavy atom. The average molecular weight is 464 g/mol. The zero-order valence-corrected chi connectivity index (χ0v) is 18.9. The van der Waals surface area contributed by atoms with Crippen LogP contribution in [0.4, 0.5) is 10.5 Å². The molecule has 4 rings (SSSR count). The van der Waals surface area contributed by atoms with Crippen molar-refractivity contribution in [3.05, 3.63) is 89.4 Å². The van der Waals surface area contributed by atoms with Crippen molar-refractivity contribution < 1.29 is 14.3 Å². The topological polar surface area (TPSA) is 70.7 Å². The molecule has 0 aromatic heterocycles. The summed E-state index contributed by atoms with van der Waals surface area (Å²) in [5.41, 5.74) is 1.53. The van der Waals surface area contributed by atoms with E-state index in [0.717, 1.165) is 18.4 Å². The van der Waals surface area contributed by atoms with Crippen LogP contribution in [0.15, 0.2) is 78.9 Å². The molecule has 33 heavy (non-hydrogen) atoms. The number of nitrogens with zero attached hydrogens (tertiary/aromatic N) is 1. The minimum Gasteiger partial charge on any atom is -0.455 e. The maximum Gasteiger partial charge on any atom is 0.319 e. The van der Waals surface area contributed by atoms with Crippen LogP contribution < -0.4 is 15.4 Å². The Kier molecular flexibility index (Phi) is 7.47. The lowest BCUT2D eigenvalue weighted by Gasteiger charge is -2.25. The van der Waals surface area contributed by atoms with E-state index in [1.54, 1.807) is 17.0 Å². The van der Waals surface area contributed by atoms with Gasteiger partial charge in [-0.2, -0.15) is 0 Å². The minimum atomic E-state index is -0.581. The van der Waals surface area contributed by atoms with Crippen molar-refractivity contribution in [2.75, 3.05) is 11.9 Å². The highest BCUT2D eigenvalue weighted by Gasteiger charge is 2.28. The maximum atomic E-state index is 13.1. The molecule has 1 atom stereocenters. The lowest BCUT2D eigenvalue weighted by molar-refractivity contribution is -0.133. The highest BCUT2D eigenvalue weighted by Crippen LogP contribution is 2.29. The Balaban J connectivity index is 1.40. The normalized spacial score (nSPS) is 16.1. The third-order valence-corrected chi connectivity index (χ3v) is 5.73. The molecular weight excluding hydrogens is 438 g/mol. The number of halogens is 1. The molecule has 1 aliphatic heterocycles. The molecule has 1 saturated heterocycles. The molecule has 1 unspecified atom stereocenters. The SMILES string of the molecule is O=C(Nc1ccccc1Oc1ccccc1)NC1CCCCN(Cc2ccc(Cl)cc2)C1=O. The summed E-state index contributed by atoms with van der Waals surface area (Å²) in [4.78, 5) is 27.7. The van der Waals surface area contributed by atoms with E-state index in [2.05, 4.69) is 10.6 Å². The van der Waals surface area contributed by atoms with Gasteiger partial charge in [-0.3, -0.25) is 4.79 Å². The molecule has 3 aromatic carbocycles. The van der Waals surface area contributed by atoms with Gasteiger partial charge in [-0.25, -0.2) is 4.79 Å². The largest absolute Gasteiger partial charge is 0.455 e. The number of carbonyl (C=O) groups excluding carboxylic acids is 2. The smallest absolute Gasteiger partial charge is 0.319 e. The number of urea groups is 1. The Morgan fingerprint density at radius 2 is 1.70 bits per heavy atom. The molecule has 2 N–H and O–H groups in total. The highest BCUT2D eigenvalue weighted by molar-refractivity contribution is 6.30. The fourth-order valence-corrected chi connectivity index (χ4v) is 3.92. The van der Waals surface area contributed by atoms with Crippen LogP contribution in [0.1, 0.15) is 24.8 Å². The molecular formula is C26H26ClN3O3. The summed E-state index contributed by atoms with van der Waals surface area (Å²) in [7, 11) is 0. The number of benzene rings is 3. The molecule has 0 aliphatic carbocycles. The standard InChI is InChI=1S/C26H26ClN3O3/c27-20-15-13-19(14-16-20)18-30-17-7-6-11-23(25(30)31)29-26(32)28-22-10-4-5-12-24(22)33-21-8-2-1-3-9-21/h1-5,8-10,12-16,23H,6-7,11,17-18H2,(H2,28,29,32). The highest BCUT2D eigenvalue weighted by atomic mass is 35.5. The summed E-state index contributed by atoms with van der Waals surface area (Å²) in [6, 6.07) is 23.0. The molecule has 1 aliphatic rings. The number of likely N-dealkylation sites (tertiary alicyclic amines) is 1. The monoisotopic (exact) mass is 463 g/mol. The number of nitrogens with one attached hydrogen (secondary N) is 2. The molecule has 170 valence electrons. The quantitative estimate of drug-likeness (QED) is 0.482. The van der Waals surface area contributed by atoms with E-state index in [-0.39, 0.29) is 5.91 Å². The zero-order valence-electron chi connectivity index (χ0n) is 18.2. The number of ether oxygens (including phenoxy) is 1. The predicted octanol–water partition coefficient (Wildman–Crippen LogP) is 5.84. The van der Waals surface area contributed by atoms with E-state index >= 15 is 0 Å². The number of amides is 3. The molecule has 0 radical (unpaired) electrons. The predicted molar refractivity (Wildman–Crippen MR) is 130 cm³/mol. The molecule has 1 heterocycles. The average Bonchev–Trinajstić information content (AvgIpc) is 2.99. The van der Waals surface area contributed by atoms with Crippen LogP contribution in [0.25, 0.3) is 0 Å². The molecule has 7 heteroatoms. The van der Waals surface area contributed by atoms with E-state index in [4.69, 9.17) is 16.3 Å². The fraction of sp³-hybridized carbons (Fsp3) is 0.231. The summed E-state index contributed by atoms with van der Waals surface area (Å²) < 4.78 is 5.91. The van der Waals surface area contributed by atoms with Crippen LogP contribution >= 0.6 is 11.6 Å². The molecule has 0 saturated carbocycles. The van der Waals surface area contributed by atoms with Crippen molar-refractivity contribution in [3.8, 4) is 11.5 Å². The lowest BCUT2D eigenvalue weighted by Crippen LogP contribution is -2.48. The Bertz CT molecular complexity index is 1090. The van der Waals surface area contributed by atoms with Crippen LogP contribution in [-0.4, -0.2) is 29.4 Å². The van der Waals surface area contributed by atoms with Gasteiger partial charge in [0, 0.05) is 18.1 Å². The van der Waals surface area contributed by atoms with Gasteiger partial charge in [-0.1, -0.05) is 54.1 Å². The first-order chi connectivity index (χ1) is 16.1. The number of rotatable bonds is 6. The molecule has 6 nitrogen and oxygen atoms in total. The van der Waals surface area contributed by atoms with Crippen molar-refractivity contribution in [1.29, 1.82) is 0 Å². The molecule has 0 bridgehead atoms. The Hall–Kier alpha value is -3.51. The van der Waals surface area contributed by atoms with Gasteiger partial charge in [0.1, 0.15) is 11.8 Å². The van der Waals surface area contributed by atoms with Crippen LogP contribution in [0.3, 0.4) is 0 Å². The second kappa shape index (κ2) is 10.9. The lowest BCUT2D eigenvalue weighted by atomic mass is 10.1. The van der Waals surface area contributed by atoms with Gasteiger partial charge in [0.2, 0.25) is 5.91 Å². The molecule has 3 aromatic rings. The van der Waals surface area contributed by atoms with E-state index in [1.165, 1.54) is 0 Å². The summed E-state index contributed by atoms with van der Waals surface area (Å²) in [6.07, 6.45) is 2.36. The van der Waals surface area contributed by atoms with Crippen LogP contribution in [0.2, 0.25) is 5.02 Å².